The second-order valence-electron chi connectivity index (χ2n) is 8.15. The minimum absolute atomic E-state index is 0.0616. The van der Waals surface area contributed by atoms with Crippen LogP contribution in [0.2, 0.25) is 0 Å². The van der Waals surface area contributed by atoms with E-state index in [1.807, 2.05) is 24.3 Å². The number of hydrogen-bond donors (Lipinski definition) is 0. The first-order valence-corrected chi connectivity index (χ1v) is 12.3. The summed E-state index contributed by atoms with van der Waals surface area (Å²) in [6.45, 7) is 15.9. The molecule has 180 valence electrons. The van der Waals surface area contributed by atoms with Crippen molar-refractivity contribution in [3.05, 3.63) is 46.6 Å². The molecule has 0 fully saturated rings. The molecule has 6 heteroatoms. The summed E-state index contributed by atoms with van der Waals surface area (Å²) < 4.78 is 18.4. The molecule has 3 aromatic rings. The van der Waals surface area contributed by atoms with E-state index in [2.05, 4.69) is 37.5 Å². The van der Waals surface area contributed by atoms with Crippen LogP contribution in [0.15, 0.2) is 45.6 Å². The number of nitrogens with zero attached hydrogens (tertiary/aromatic N) is 2. The van der Waals surface area contributed by atoms with Crippen molar-refractivity contribution in [2.45, 2.75) is 40.5 Å². The van der Waals surface area contributed by atoms with Gasteiger partial charge in [-0.25, -0.2) is 0 Å². The van der Waals surface area contributed by atoms with Crippen LogP contribution in [0.5, 0.6) is 11.5 Å². The molecule has 33 heavy (non-hydrogen) atoms. The van der Waals surface area contributed by atoms with E-state index < -0.39 is 0 Å². The molecule has 0 bridgehead atoms. The zero-order valence-corrected chi connectivity index (χ0v) is 20.6. The van der Waals surface area contributed by atoms with E-state index in [0.29, 0.717) is 46.7 Å². The Morgan fingerprint density at radius 1 is 0.697 bits per heavy atom. The molecule has 0 saturated heterocycles. The molecule has 2 aromatic carbocycles. The maximum Gasteiger partial charge on any atom is 0.200 e. The number of rotatable bonds is 14. The third-order valence-electron chi connectivity index (χ3n) is 6.19. The van der Waals surface area contributed by atoms with Crippen molar-refractivity contribution in [2.24, 2.45) is 0 Å². The Bertz CT molecular complexity index is 990. The number of fused-ring (bicyclic) bond motifs is 2. The molecule has 0 N–H and O–H groups in total. The van der Waals surface area contributed by atoms with Crippen LogP contribution in [0.1, 0.15) is 40.5 Å². The minimum atomic E-state index is -0.0616. The predicted octanol–water partition coefficient (Wildman–Crippen LogP) is 5.17. The number of hydrogen-bond acceptors (Lipinski definition) is 6. The average Bonchev–Trinajstić information content (AvgIpc) is 2.85. The van der Waals surface area contributed by atoms with Crippen molar-refractivity contribution < 1.29 is 13.9 Å². The molecular weight excluding hydrogens is 416 g/mol. The second kappa shape index (κ2) is 12.6. The largest absolute Gasteiger partial charge is 0.490 e. The summed E-state index contributed by atoms with van der Waals surface area (Å²) in [5, 5.41) is 1.06. The van der Waals surface area contributed by atoms with Crippen molar-refractivity contribution in [1.82, 2.24) is 9.80 Å². The zero-order valence-electron chi connectivity index (χ0n) is 20.6. The van der Waals surface area contributed by atoms with Crippen LogP contribution in [0.3, 0.4) is 0 Å². The Balaban J connectivity index is 1.80. The molecule has 0 aliphatic rings. The highest BCUT2D eigenvalue weighted by molar-refractivity contribution is 5.94. The van der Waals surface area contributed by atoms with Gasteiger partial charge in [0.15, 0.2) is 22.7 Å². The van der Waals surface area contributed by atoms with Crippen LogP contribution in [0, 0.1) is 0 Å². The predicted molar refractivity (Wildman–Crippen MR) is 136 cm³/mol. The second-order valence-corrected chi connectivity index (χ2v) is 8.15. The Morgan fingerprint density at radius 3 is 1.52 bits per heavy atom. The van der Waals surface area contributed by atoms with Crippen LogP contribution in [-0.2, 0) is 0 Å². The van der Waals surface area contributed by atoms with E-state index in [-0.39, 0.29) is 5.43 Å². The van der Waals surface area contributed by atoms with Gasteiger partial charge in [0.1, 0.15) is 0 Å². The standard InChI is InChI=1S/C27H38N2O4/c1-5-28(6-2)17-11-19-31-23-15-9-13-21-25(30)22-14-10-16-24(27(22)33-26(21)23)32-20-12-18-29(7-3)8-4/h9-10,13-16H,5-8,11-12,17-20H2,1-4H3. The van der Waals surface area contributed by atoms with Gasteiger partial charge in [-0.15, -0.1) is 0 Å². The van der Waals surface area contributed by atoms with E-state index in [1.165, 1.54) is 0 Å². The maximum atomic E-state index is 13.2. The van der Waals surface area contributed by atoms with Gasteiger partial charge in [0.2, 0.25) is 5.43 Å². The van der Waals surface area contributed by atoms with Crippen molar-refractivity contribution in [3.63, 3.8) is 0 Å². The summed E-state index contributed by atoms with van der Waals surface area (Å²) in [6.07, 6.45) is 1.83. The Labute approximate surface area is 197 Å². The SMILES string of the molecule is CCN(CC)CCCOc1cccc2c(=O)c3cccc(OCCCN(CC)CC)c3oc12. The van der Waals surface area contributed by atoms with Gasteiger partial charge >= 0.3 is 0 Å². The molecule has 0 unspecified atom stereocenters. The van der Waals surface area contributed by atoms with Gasteiger partial charge in [-0.2, -0.15) is 0 Å². The van der Waals surface area contributed by atoms with Crippen LogP contribution in [-0.4, -0.2) is 62.3 Å². The fourth-order valence-electron chi connectivity index (χ4n) is 4.09. The highest BCUT2D eigenvalue weighted by Gasteiger charge is 2.15. The maximum absolute atomic E-state index is 13.2. The summed E-state index contributed by atoms with van der Waals surface area (Å²) in [5.41, 5.74) is 0.905. The van der Waals surface area contributed by atoms with Gasteiger partial charge in [0, 0.05) is 13.1 Å². The molecule has 0 saturated carbocycles. The van der Waals surface area contributed by atoms with Crippen LogP contribution < -0.4 is 14.9 Å². The quantitative estimate of drug-likeness (QED) is 0.247. The summed E-state index contributed by atoms with van der Waals surface area (Å²) >= 11 is 0. The number of ether oxygens (including phenoxy) is 2. The van der Waals surface area contributed by atoms with Crippen LogP contribution in [0.4, 0.5) is 0 Å². The molecule has 0 spiro atoms. The summed E-state index contributed by atoms with van der Waals surface area (Å²) in [7, 11) is 0. The van der Waals surface area contributed by atoms with Crippen LogP contribution in [0.25, 0.3) is 21.9 Å². The van der Waals surface area contributed by atoms with Gasteiger partial charge in [-0.3, -0.25) is 4.79 Å². The van der Waals surface area contributed by atoms with Gasteiger partial charge in [-0.1, -0.05) is 39.8 Å². The van der Waals surface area contributed by atoms with Gasteiger partial charge in [0.25, 0.3) is 0 Å². The van der Waals surface area contributed by atoms with Gasteiger partial charge in [-0.05, 0) is 63.3 Å². The highest BCUT2D eigenvalue weighted by atomic mass is 16.5. The smallest absolute Gasteiger partial charge is 0.200 e. The lowest BCUT2D eigenvalue weighted by molar-refractivity contribution is 0.247. The third-order valence-corrected chi connectivity index (χ3v) is 6.19. The first-order chi connectivity index (χ1) is 16.1. The van der Waals surface area contributed by atoms with Gasteiger partial charge in [0.05, 0.1) is 24.0 Å². The van der Waals surface area contributed by atoms with Crippen molar-refractivity contribution in [1.29, 1.82) is 0 Å². The lowest BCUT2D eigenvalue weighted by Crippen LogP contribution is -2.25. The molecule has 0 amide bonds. The molecular formula is C27H38N2O4. The lowest BCUT2D eigenvalue weighted by atomic mass is 10.1. The number of benzene rings is 2. The molecule has 6 nitrogen and oxygen atoms in total. The Hall–Kier alpha value is -2.57. The Kier molecular flexibility index (Phi) is 9.58. The van der Waals surface area contributed by atoms with Crippen molar-refractivity contribution >= 4 is 21.9 Å². The number of para-hydroxylation sites is 2. The Morgan fingerprint density at radius 2 is 1.12 bits per heavy atom. The molecule has 1 aromatic heterocycles. The highest BCUT2D eigenvalue weighted by Crippen LogP contribution is 2.31. The molecule has 3 rings (SSSR count). The summed E-state index contributed by atoms with van der Waals surface area (Å²) in [6, 6.07) is 11.0. The fourth-order valence-corrected chi connectivity index (χ4v) is 4.09. The first kappa shape index (κ1) is 25.1. The first-order valence-electron chi connectivity index (χ1n) is 12.3. The molecule has 0 radical (unpaired) electrons. The van der Waals surface area contributed by atoms with Crippen molar-refractivity contribution in [2.75, 3.05) is 52.5 Å². The van der Waals surface area contributed by atoms with Gasteiger partial charge < -0.3 is 23.7 Å². The molecule has 0 atom stereocenters. The lowest BCUT2D eigenvalue weighted by Gasteiger charge is -2.18. The molecule has 1 heterocycles. The summed E-state index contributed by atoms with van der Waals surface area (Å²) in [4.78, 5) is 17.9. The normalized spacial score (nSPS) is 11.7. The average molecular weight is 455 g/mol. The fraction of sp³-hybridized carbons (Fsp3) is 0.519. The summed E-state index contributed by atoms with van der Waals surface area (Å²) in [5.74, 6) is 1.20. The topological polar surface area (TPSA) is 55.1 Å². The zero-order chi connectivity index (χ0) is 23.6. The van der Waals surface area contributed by atoms with Crippen molar-refractivity contribution in [3.8, 4) is 11.5 Å². The van der Waals surface area contributed by atoms with E-state index >= 15 is 0 Å². The van der Waals surface area contributed by atoms with E-state index in [4.69, 9.17) is 13.9 Å². The molecule has 0 aliphatic carbocycles. The molecule has 0 aliphatic heterocycles. The minimum Gasteiger partial charge on any atom is -0.490 e. The monoisotopic (exact) mass is 454 g/mol. The van der Waals surface area contributed by atoms with E-state index in [1.54, 1.807) is 12.1 Å². The van der Waals surface area contributed by atoms with E-state index in [0.717, 1.165) is 52.1 Å². The van der Waals surface area contributed by atoms with Crippen LogP contribution >= 0.6 is 0 Å². The van der Waals surface area contributed by atoms with E-state index in [9.17, 15) is 4.79 Å². The third kappa shape index (κ3) is 6.27.